The Kier molecular flexibility index (Phi) is 3.86. The van der Waals surface area contributed by atoms with Gasteiger partial charge < -0.3 is 9.30 Å². The maximum atomic E-state index is 5.10. The zero-order chi connectivity index (χ0) is 11.5. The Morgan fingerprint density at radius 2 is 2.19 bits per heavy atom. The summed E-state index contributed by atoms with van der Waals surface area (Å²) in [7, 11) is 3.86. The van der Waals surface area contributed by atoms with Gasteiger partial charge in [0, 0.05) is 41.4 Å². The molecule has 0 bridgehead atoms. The van der Waals surface area contributed by atoms with Crippen LogP contribution in [0.2, 0.25) is 0 Å². The molecule has 86 valence electrons. The molecular weight excluding hydrogens is 313 g/mol. The molecule has 0 atom stereocenters. The van der Waals surface area contributed by atoms with Gasteiger partial charge in [0.2, 0.25) is 0 Å². The zero-order valence-corrected chi connectivity index (χ0v) is 11.8. The number of hydrogen-bond acceptors (Lipinski definition) is 1. The Bertz CT molecular complexity index is 490. The topological polar surface area (TPSA) is 14.2 Å². The normalized spacial score (nSPS) is 11.2. The first-order valence-corrected chi connectivity index (χ1v) is 6.52. The fourth-order valence-electron chi connectivity index (χ4n) is 2.05. The van der Waals surface area contributed by atoms with Gasteiger partial charge in [0.05, 0.1) is 0 Å². The lowest BCUT2D eigenvalue weighted by atomic mass is 10.1. The SMILES string of the molecule is COCCCc1cn(C)c2ccc(I)cc12. The summed E-state index contributed by atoms with van der Waals surface area (Å²) in [6.07, 6.45) is 4.41. The Balaban J connectivity index is 2.33. The average molecular weight is 329 g/mol. The van der Waals surface area contributed by atoms with Gasteiger partial charge in [-0.1, -0.05) is 0 Å². The lowest BCUT2D eigenvalue weighted by Crippen LogP contribution is -1.91. The maximum absolute atomic E-state index is 5.10. The van der Waals surface area contributed by atoms with Crippen molar-refractivity contribution in [1.82, 2.24) is 4.57 Å². The number of ether oxygens (including phenoxy) is 1. The van der Waals surface area contributed by atoms with Crippen molar-refractivity contribution in [3.63, 3.8) is 0 Å². The van der Waals surface area contributed by atoms with Crippen LogP contribution in [0.1, 0.15) is 12.0 Å². The molecule has 0 spiro atoms. The van der Waals surface area contributed by atoms with Crippen LogP contribution in [-0.2, 0) is 18.2 Å². The van der Waals surface area contributed by atoms with Crippen LogP contribution >= 0.6 is 22.6 Å². The van der Waals surface area contributed by atoms with E-state index in [4.69, 9.17) is 4.74 Å². The van der Waals surface area contributed by atoms with Gasteiger partial charge in [-0.15, -0.1) is 0 Å². The molecule has 2 aromatic rings. The summed E-state index contributed by atoms with van der Waals surface area (Å²) in [4.78, 5) is 0. The lowest BCUT2D eigenvalue weighted by molar-refractivity contribution is 0.195. The second kappa shape index (κ2) is 5.19. The van der Waals surface area contributed by atoms with Gasteiger partial charge in [-0.25, -0.2) is 0 Å². The lowest BCUT2D eigenvalue weighted by Gasteiger charge is -1.99. The molecule has 2 nitrogen and oxygen atoms in total. The third kappa shape index (κ3) is 2.40. The zero-order valence-electron chi connectivity index (χ0n) is 9.66. The van der Waals surface area contributed by atoms with E-state index < -0.39 is 0 Å². The molecule has 1 heterocycles. The molecule has 1 aromatic heterocycles. The Labute approximate surface area is 110 Å². The van der Waals surface area contributed by atoms with Crippen LogP contribution in [0.3, 0.4) is 0 Å². The van der Waals surface area contributed by atoms with Crippen molar-refractivity contribution in [2.45, 2.75) is 12.8 Å². The van der Waals surface area contributed by atoms with Crippen LogP contribution in [-0.4, -0.2) is 18.3 Å². The van der Waals surface area contributed by atoms with Gasteiger partial charge in [0.1, 0.15) is 0 Å². The Morgan fingerprint density at radius 1 is 1.38 bits per heavy atom. The largest absolute Gasteiger partial charge is 0.385 e. The van der Waals surface area contributed by atoms with Crippen molar-refractivity contribution in [2.75, 3.05) is 13.7 Å². The van der Waals surface area contributed by atoms with Crippen molar-refractivity contribution < 1.29 is 4.74 Å². The first-order chi connectivity index (χ1) is 7.72. The van der Waals surface area contributed by atoms with E-state index in [-0.39, 0.29) is 0 Å². The molecular formula is C13H16INO. The highest BCUT2D eigenvalue weighted by Crippen LogP contribution is 2.23. The van der Waals surface area contributed by atoms with Gasteiger partial charge in [0.25, 0.3) is 0 Å². The minimum atomic E-state index is 0.834. The summed E-state index contributed by atoms with van der Waals surface area (Å²) >= 11 is 2.36. The standard InChI is InChI=1S/C13H16INO/c1-15-9-10(4-3-7-16-2)12-8-11(14)5-6-13(12)15/h5-6,8-9H,3-4,7H2,1-2H3. The molecule has 3 heteroatoms. The van der Waals surface area contributed by atoms with E-state index in [9.17, 15) is 0 Å². The van der Waals surface area contributed by atoms with Crippen molar-refractivity contribution in [3.05, 3.63) is 33.5 Å². The van der Waals surface area contributed by atoms with Crippen molar-refractivity contribution in [1.29, 1.82) is 0 Å². The number of aryl methyl sites for hydroxylation is 2. The predicted octanol–water partition coefficient (Wildman–Crippen LogP) is 3.36. The van der Waals surface area contributed by atoms with Gasteiger partial charge in [-0.3, -0.25) is 0 Å². The monoisotopic (exact) mass is 329 g/mol. The van der Waals surface area contributed by atoms with E-state index in [1.807, 2.05) is 0 Å². The highest BCUT2D eigenvalue weighted by molar-refractivity contribution is 14.1. The van der Waals surface area contributed by atoms with Crippen LogP contribution in [0.4, 0.5) is 0 Å². The third-order valence-electron chi connectivity index (χ3n) is 2.83. The number of halogens is 1. The van der Waals surface area contributed by atoms with Crippen LogP contribution in [0.15, 0.2) is 24.4 Å². The van der Waals surface area contributed by atoms with Gasteiger partial charge >= 0.3 is 0 Å². The minimum absolute atomic E-state index is 0.834. The van der Waals surface area contributed by atoms with Crippen molar-refractivity contribution in [2.24, 2.45) is 7.05 Å². The second-order valence-corrected chi connectivity index (χ2v) is 5.27. The summed E-state index contributed by atoms with van der Waals surface area (Å²) < 4.78 is 8.60. The predicted molar refractivity (Wildman–Crippen MR) is 75.8 cm³/mol. The fraction of sp³-hybridized carbons (Fsp3) is 0.385. The molecule has 0 aliphatic rings. The highest BCUT2D eigenvalue weighted by atomic mass is 127. The van der Waals surface area contributed by atoms with Crippen LogP contribution in [0.5, 0.6) is 0 Å². The second-order valence-electron chi connectivity index (χ2n) is 4.02. The first-order valence-electron chi connectivity index (χ1n) is 5.45. The first kappa shape index (κ1) is 11.9. The van der Waals surface area contributed by atoms with E-state index in [0.29, 0.717) is 0 Å². The molecule has 16 heavy (non-hydrogen) atoms. The van der Waals surface area contributed by atoms with Crippen molar-refractivity contribution in [3.8, 4) is 0 Å². The van der Waals surface area contributed by atoms with Gasteiger partial charge in [0.15, 0.2) is 0 Å². The molecule has 1 aromatic carbocycles. The smallest absolute Gasteiger partial charge is 0.0481 e. The van der Waals surface area contributed by atoms with Crippen LogP contribution in [0.25, 0.3) is 10.9 Å². The molecule has 0 fully saturated rings. The fourth-order valence-corrected chi connectivity index (χ4v) is 2.54. The number of hydrogen-bond donors (Lipinski definition) is 0. The van der Waals surface area contributed by atoms with E-state index in [0.717, 1.165) is 19.4 Å². The molecule has 0 unspecified atom stereocenters. The van der Waals surface area contributed by atoms with Crippen molar-refractivity contribution >= 4 is 33.5 Å². The summed E-state index contributed by atoms with van der Waals surface area (Å²) in [5.74, 6) is 0. The van der Waals surface area contributed by atoms with Crippen LogP contribution < -0.4 is 0 Å². The molecule has 0 N–H and O–H groups in total. The van der Waals surface area contributed by atoms with E-state index >= 15 is 0 Å². The molecule has 0 saturated heterocycles. The summed E-state index contributed by atoms with van der Waals surface area (Å²) in [5.41, 5.74) is 2.74. The van der Waals surface area contributed by atoms with Crippen LogP contribution in [0, 0.1) is 3.57 Å². The van der Waals surface area contributed by atoms with E-state index in [2.05, 4.69) is 58.6 Å². The number of benzene rings is 1. The highest BCUT2D eigenvalue weighted by Gasteiger charge is 2.06. The minimum Gasteiger partial charge on any atom is -0.385 e. The van der Waals surface area contributed by atoms with E-state index in [1.165, 1.54) is 20.0 Å². The average Bonchev–Trinajstić information content (AvgIpc) is 2.56. The van der Waals surface area contributed by atoms with Gasteiger partial charge in [-0.2, -0.15) is 0 Å². The molecule has 0 saturated carbocycles. The summed E-state index contributed by atoms with van der Waals surface area (Å²) in [6.45, 7) is 0.834. The molecule has 0 aliphatic heterocycles. The number of nitrogens with zero attached hydrogens (tertiary/aromatic N) is 1. The third-order valence-corrected chi connectivity index (χ3v) is 3.50. The number of rotatable bonds is 4. The molecule has 0 radical (unpaired) electrons. The Morgan fingerprint density at radius 3 is 2.94 bits per heavy atom. The summed E-state index contributed by atoms with van der Waals surface area (Å²) in [5, 5.41) is 1.38. The number of aromatic nitrogens is 1. The maximum Gasteiger partial charge on any atom is 0.0481 e. The molecule has 0 aliphatic carbocycles. The molecule has 0 amide bonds. The Hall–Kier alpha value is -0.550. The number of methoxy groups -OCH3 is 1. The van der Waals surface area contributed by atoms with E-state index in [1.54, 1.807) is 7.11 Å². The molecule has 2 rings (SSSR count). The summed E-state index contributed by atoms with van der Waals surface area (Å²) in [6, 6.07) is 6.61. The number of fused-ring (bicyclic) bond motifs is 1. The van der Waals surface area contributed by atoms with Gasteiger partial charge in [-0.05, 0) is 59.2 Å². The quantitative estimate of drug-likeness (QED) is 0.620.